The zero-order chi connectivity index (χ0) is 48.2. The third-order valence-electron chi connectivity index (χ3n) is 13.6. The number of aromatic nitrogens is 1. The number of thioether (sulfide) groups is 1. The van der Waals surface area contributed by atoms with E-state index in [1.54, 1.807) is 33.1 Å². The van der Waals surface area contributed by atoms with E-state index < -0.39 is 23.5 Å². The number of likely N-dealkylation sites (tertiary alicyclic amines) is 1. The first-order valence-corrected chi connectivity index (χ1v) is 25.5. The minimum atomic E-state index is -0.826. The van der Waals surface area contributed by atoms with Gasteiger partial charge in [0, 0.05) is 68.6 Å². The van der Waals surface area contributed by atoms with Gasteiger partial charge in [0.1, 0.15) is 18.1 Å². The number of anilines is 2. The quantitative estimate of drug-likeness (QED) is 0.104. The third kappa shape index (κ3) is 10.8. The molecule has 5 amide bonds. The molecule has 2 saturated heterocycles. The number of aliphatic imine (C=N–C) groups is 1. The van der Waals surface area contributed by atoms with Gasteiger partial charge in [0.2, 0.25) is 17.7 Å². The molecule has 14 nitrogen and oxygen atoms in total. The maximum absolute atomic E-state index is 14.2. The number of rotatable bonds is 14. The smallest absolute Gasteiger partial charge is 0.255 e. The average Bonchev–Trinajstić information content (AvgIpc) is 4.20. The average molecular weight is 966 g/mol. The van der Waals surface area contributed by atoms with Crippen molar-refractivity contribution in [1.82, 2.24) is 30.3 Å². The largest absolute Gasteiger partial charge is 0.369 e. The molecule has 5 heterocycles. The molecule has 4 aliphatic heterocycles. The lowest BCUT2D eigenvalue weighted by atomic mass is 9.85. The Labute approximate surface area is 411 Å². The Kier molecular flexibility index (Phi) is 14.3. The molecule has 1 aromatic heterocycles. The molecule has 0 radical (unpaired) electrons. The van der Waals surface area contributed by atoms with E-state index in [9.17, 15) is 24.0 Å². The minimum absolute atomic E-state index is 0.164. The molecule has 4 aliphatic rings. The maximum atomic E-state index is 14.2. The lowest BCUT2D eigenvalue weighted by molar-refractivity contribution is -0.144. The SMILES string of the molecule is CC1N=CSC1c1ccc(CNC(=O)C2CCCN2C(=O)C(NC(=O)CN2CCN(c3ccc(-c4ccc5c(c4)C(=O)N(C(C(=O)Nc4nccs4)c4ccccc4)C5)cc3)CC2)C(C)(C)C)cc1. The molecule has 4 aromatic carbocycles. The van der Waals surface area contributed by atoms with E-state index in [0.717, 1.165) is 53.0 Å². The minimum Gasteiger partial charge on any atom is -0.369 e. The molecule has 0 saturated carbocycles. The second-order valence-corrected chi connectivity index (χ2v) is 21.2. The van der Waals surface area contributed by atoms with Gasteiger partial charge in [-0.3, -0.25) is 39.2 Å². The number of benzene rings is 4. The van der Waals surface area contributed by atoms with Crippen LogP contribution >= 0.6 is 23.1 Å². The van der Waals surface area contributed by atoms with Gasteiger partial charge >= 0.3 is 0 Å². The molecule has 5 unspecified atom stereocenters. The number of hydrogen-bond donors (Lipinski definition) is 3. The van der Waals surface area contributed by atoms with Crippen LogP contribution in [0.4, 0.5) is 10.8 Å². The van der Waals surface area contributed by atoms with Crippen LogP contribution in [-0.4, -0.2) is 112 Å². The standard InChI is InChI=1S/C53H59N9O5S2/c1-34-46(69-33-56-34)38-14-12-35(13-15-38)30-55-48(64)43-11-8-23-61(43)51(67)47(53(2,3)4)57-44(63)32-59-24-26-60(27-25-59)41-20-18-36(19-21-41)39-16-17-40-31-62(50(66)42(40)29-39)45(37-9-6-5-7-10-37)49(65)58-52-54-22-28-68-52/h5-7,9-10,12-22,28-29,33-34,43,45-47H,8,11,23-27,30-32H2,1-4H3,(H,55,64)(H,57,63)(H,54,58,65). The number of fused-ring (bicyclic) bond motifs is 1. The monoisotopic (exact) mass is 965 g/mol. The van der Waals surface area contributed by atoms with Crippen LogP contribution in [-0.2, 0) is 32.3 Å². The first-order valence-electron chi connectivity index (χ1n) is 23.7. The van der Waals surface area contributed by atoms with E-state index in [2.05, 4.69) is 79.0 Å². The summed E-state index contributed by atoms with van der Waals surface area (Å²) in [6, 6.07) is 29.9. The second-order valence-electron chi connectivity index (χ2n) is 19.3. The van der Waals surface area contributed by atoms with Crippen LogP contribution in [0, 0.1) is 5.41 Å². The molecule has 5 aromatic rings. The predicted molar refractivity (Wildman–Crippen MR) is 273 cm³/mol. The number of carbonyl (C=O) groups is 5. The molecule has 5 atom stereocenters. The number of hydrogen-bond acceptors (Lipinski definition) is 11. The highest BCUT2D eigenvalue weighted by atomic mass is 32.2. The molecule has 358 valence electrons. The molecule has 3 N–H and O–H groups in total. The van der Waals surface area contributed by atoms with Crippen LogP contribution in [0.25, 0.3) is 11.1 Å². The first-order chi connectivity index (χ1) is 33.3. The summed E-state index contributed by atoms with van der Waals surface area (Å²) in [5.41, 5.74) is 8.65. The lowest BCUT2D eigenvalue weighted by Gasteiger charge is -2.37. The summed E-state index contributed by atoms with van der Waals surface area (Å²) in [6.45, 7) is 12.0. The molecule has 69 heavy (non-hydrogen) atoms. The maximum Gasteiger partial charge on any atom is 0.255 e. The van der Waals surface area contributed by atoms with Gasteiger partial charge < -0.3 is 25.3 Å². The van der Waals surface area contributed by atoms with Crippen molar-refractivity contribution in [1.29, 1.82) is 0 Å². The van der Waals surface area contributed by atoms with Gasteiger partial charge in [0.25, 0.3) is 11.8 Å². The van der Waals surface area contributed by atoms with Gasteiger partial charge in [-0.05, 0) is 76.8 Å². The van der Waals surface area contributed by atoms with Crippen LogP contribution in [0.5, 0.6) is 0 Å². The molecular formula is C53H59N9O5S2. The summed E-state index contributed by atoms with van der Waals surface area (Å²) in [6.07, 6.45) is 2.93. The van der Waals surface area contributed by atoms with Gasteiger partial charge in [-0.25, -0.2) is 4.98 Å². The predicted octanol–water partition coefficient (Wildman–Crippen LogP) is 7.31. The van der Waals surface area contributed by atoms with Crippen molar-refractivity contribution in [3.63, 3.8) is 0 Å². The van der Waals surface area contributed by atoms with Crippen LogP contribution < -0.4 is 20.9 Å². The Morgan fingerprint density at radius 2 is 1.61 bits per heavy atom. The third-order valence-corrected chi connectivity index (χ3v) is 15.4. The summed E-state index contributed by atoms with van der Waals surface area (Å²) in [7, 11) is 0. The Balaban J connectivity index is 0.764. The van der Waals surface area contributed by atoms with E-state index >= 15 is 0 Å². The Morgan fingerprint density at radius 3 is 2.29 bits per heavy atom. The van der Waals surface area contributed by atoms with Crippen molar-refractivity contribution in [3.05, 3.63) is 136 Å². The van der Waals surface area contributed by atoms with E-state index in [4.69, 9.17) is 0 Å². The Morgan fingerprint density at radius 1 is 0.870 bits per heavy atom. The van der Waals surface area contributed by atoms with E-state index in [1.165, 1.54) is 16.9 Å². The van der Waals surface area contributed by atoms with Gasteiger partial charge in [-0.2, -0.15) is 0 Å². The van der Waals surface area contributed by atoms with Crippen molar-refractivity contribution >= 4 is 69.0 Å². The molecular weight excluding hydrogens is 907 g/mol. The summed E-state index contributed by atoms with van der Waals surface area (Å²) in [5, 5.41) is 11.6. The van der Waals surface area contributed by atoms with Crippen molar-refractivity contribution in [2.45, 2.75) is 83.0 Å². The van der Waals surface area contributed by atoms with E-state index in [-0.39, 0.29) is 42.1 Å². The normalized spacial score (nSPS) is 20.1. The highest BCUT2D eigenvalue weighted by Crippen LogP contribution is 2.38. The van der Waals surface area contributed by atoms with Crippen molar-refractivity contribution in [3.8, 4) is 11.1 Å². The molecule has 9 rings (SSSR count). The van der Waals surface area contributed by atoms with E-state index in [0.29, 0.717) is 55.1 Å². The zero-order valence-electron chi connectivity index (χ0n) is 39.5. The molecule has 0 aliphatic carbocycles. The number of amides is 5. The number of nitrogens with zero attached hydrogens (tertiary/aromatic N) is 6. The summed E-state index contributed by atoms with van der Waals surface area (Å²) in [4.78, 5) is 85.4. The first kappa shape index (κ1) is 47.7. The van der Waals surface area contributed by atoms with Crippen LogP contribution in [0.15, 0.2) is 114 Å². The number of thiazole rings is 1. The van der Waals surface area contributed by atoms with Crippen LogP contribution in [0.1, 0.15) is 84.4 Å². The number of piperazine rings is 1. The fourth-order valence-electron chi connectivity index (χ4n) is 9.71. The Hall–Kier alpha value is -6.36. The fourth-order valence-corrected chi connectivity index (χ4v) is 11.2. The number of carbonyl (C=O) groups excluding carboxylic acids is 5. The van der Waals surface area contributed by atoms with Gasteiger partial charge in [-0.1, -0.05) is 99.6 Å². The summed E-state index contributed by atoms with van der Waals surface area (Å²) in [5.74, 6) is -1.13. The lowest BCUT2D eigenvalue weighted by Crippen LogP contribution is -2.59. The molecule has 0 bridgehead atoms. The molecule has 2 fully saturated rings. The zero-order valence-corrected chi connectivity index (χ0v) is 41.1. The molecule has 0 spiro atoms. The van der Waals surface area contributed by atoms with Crippen molar-refractivity contribution in [2.24, 2.45) is 10.4 Å². The van der Waals surface area contributed by atoms with Crippen molar-refractivity contribution < 1.29 is 24.0 Å². The topological polar surface area (TPSA) is 160 Å². The van der Waals surface area contributed by atoms with E-state index in [1.807, 2.05) is 87.0 Å². The summed E-state index contributed by atoms with van der Waals surface area (Å²) >= 11 is 3.05. The molecule has 16 heteroatoms. The fraction of sp³-hybridized carbons (Fsp3) is 0.377. The highest BCUT2D eigenvalue weighted by molar-refractivity contribution is 8.12. The number of nitrogens with one attached hydrogen (secondary N) is 3. The van der Waals surface area contributed by atoms with Gasteiger partial charge in [0.05, 0.1) is 23.4 Å². The Bertz CT molecular complexity index is 2680. The highest BCUT2D eigenvalue weighted by Gasteiger charge is 2.42. The summed E-state index contributed by atoms with van der Waals surface area (Å²) < 4.78 is 0. The van der Waals surface area contributed by atoms with Crippen LogP contribution in [0.3, 0.4) is 0 Å². The second kappa shape index (κ2) is 20.7. The van der Waals surface area contributed by atoms with Crippen molar-refractivity contribution in [2.75, 3.05) is 49.5 Å². The van der Waals surface area contributed by atoms with Crippen LogP contribution in [0.2, 0.25) is 0 Å². The van der Waals surface area contributed by atoms with Gasteiger partial charge in [-0.15, -0.1) is 23.1 Å². The van der Waals surface area contributed by atoms with Gasteiger partial charge in [0.15, 0.2) is 5.13 Å².